The molecule has 0 saturated heterocycles. The first-order valence-corrected chi connectivity index (χ1v) is 6.75. The lowest BCUT2D eigenvalue weighted by Crippen LogP contribution is -2.39. The summed E-state index contributed by atoms with van der Waals surface area (Å²) in [5.41, 5.74) is 0.686. The minimum atomic E-state index is -1.10. The van der Waals surface area contributed by atoms with Gasteiger partial charge in [-0.2, -0.15) is 0 Å². The Balaban J connectivity index is 2.86. The van der Waals surface area contributed by atoms with Crippen molar-refractivity contribution in [2.24, 2.45) is 0 Å². The van der Waals surface area contributed by atoms with Crippen LogP contribution in [0.4, 0.5) is 4.39 Å². The zero-order chi connectivity index (χ0) is 15.3. The molecule has 1 unspecified atom stereocenters. The average Bonchev–Trinajstić information content (AvgIpc) is 2.34. The molecule has 0 aliphatic rings. The Morgan fingerprint density at radius 2 is 2.00 bits per heavy atom. The third-order valence-electron chi connectivity index (χ3n) is 3.25. The molecule has 0 bridgehead atoms. The first-order chi connectivity index (χ1) is 9.33. The fourth-order valence-corrected chi connectivity index (χ4v) is 2.32. The summed E-state index contributed by atoms with van der Waals surface area (Å²) in [5, 5.41) is 8.97. The molecular weight excluding hydrogens is 259 g/mol. The molecule has 0 fully saturated rings. The van der Waals surface area contributed by atoms with E-state index in [1.165, 1.54) is 12.1 Å². The van der Waals surface area contributed by atoms with E-state index in [1.54, 1.807) is 0 Å². The number of carboxylic acid groups (broad SMARTS) is 1. The number of likely N-dealkylation sites (N-methyl/N-ethyl adjacent to an activating group) is 2. The molecule has 5 heteroatoms. The molecular formula is C15H23FN2O2. The molecule has 1 N–H and O–H groups in total. The molecule has 1 atom stereocenters. The summed E-state index contributed by atoms with van der Waals surface area (Å²) in [6.45, 7) is 6.43. The zero-order valence-corrected chi connectivity index (χ0v) is 12.6. The van der Waals surface area contributed by atoms with E-state index in [-0.39, 0.29) is 5.56 Å². The van der Waals surface area contributed by atoms with Crippen LogP contribution < -0.4 is 0 Å². The van der Waals surface area contributed by atoms with Crippen LogP contribution in [0.25, 0.3) is 0 Å². The molecule has 1 aromatic rings. The van der Waals surface area contributed by atoms with E-state index >= 15 is 0 Å². The smallest absolute Gasteiger partial charge is 0.335 e. The van der Waals surface area contributed by atoms with Gasteiger partial charge in [0.05, 0.1) is 5.56 Å². The van der Waals surface area contributed by atoms with Crippen LogP contribution in [0, 0.1) is 5.82 Å². The van der Waals surface area contributed by atoms with Crippen LogP contribution in [0.5, 0.6) is 0 Å². The van der Waals surface area contributed by atoms with E-state index < -0.39 is 11.8 Å². The number of hydrogen-bond donors (Lipinski definition) is 1. The zero-order valence-electron chi connectivity index (χ0n) is 12.6. The highest BCUT2D eigenvalue weighted by molar-refractivity contribution is 5.87. The molecule has 112 valence electrons. The minimum Gasteiger partial charge on any atom is -0.478 e. The van der Waals surface area contributed by atoms with Gasteiger partial charge < -0.3 is 10.0 Å². The van der Waals surface area contributed by atoms with E-state index in [9.17, 15) is 9.18 Å². The summed E-state index contributed by atoms with van der Waals surface area (Å²) >= 11 is 0. The lowest BCUT2D eigenvalue weighted by molar-refractivity contribution is 0.0696. The molecule has 0 aliphatic heterocycles. The van der Waals surface area contributed by atoms with E-state index in [0.29, 0.717) is 18.2 Å². The Labute approximate surface area is 119 Å². The van der Waals surface area contributed by atoms with Gasteiger partial charge in [-0.15, -0.1) is 0 Å². The number of nitrogens with zero attached hydrogens (tertiary/aromatic N) is 2. The fraction of sp³-hybridized carbons (Fsp3) is 0.533. The van der Waals surface area contributed by atoms with Crippen LogP contribution in [0.3, 0.4) is 0 Å². The lowest BCUT2D eigenvalue weighted by Gasteiger charge is -2.30. The van der Waals surface area contributed by atoms with Gasteiger partial charge in [0, 0.05) is 19.1 Å². The van der Waals surface area contributed by atoms with Gasteiger partial charge in [-0.05, 0) is 51.3 Å². The van der Waals surface area contributed by atoms with Gasteiger partial charge in [0.25, 0.3) is 0 Å². The predicted molar refractivity (Wildman–Crippen MR) is 77.5 cm³/mol. The Bertz CT molecular complexity index is 463. The standard InChI is InChI=1S/C15H23FN2O2/c1-5-18(11(2)9-17(3)4)10-12-6-13(15(19)20)8-14(16)7-12/h6-8,11H,5,9-10H2,1-4H3,(H,19,20). The maximum atomic E-state index is 13.5. The Morgan fingerprint density at radius 3 is 2.50 bits per heavy atom. The van der Waals surface area contributed by atoms with Crippen molar-refractivity contribution >= 4 is 5.97 Å². The van der Waals surface area contributed by atoms with Gasteiger partial charge in [-0.3, -0.25) is 4.90 Å². The summed E-state index contributed by atoms with van der Waals surface area (Å²) in [5.74, 6) is -1.61. The number of aromatic carboxylic acids is 1. The van der Waals surface area contributed by atoms with Crippen LogP contribution in [0.1, 0.15) is 29.8 Å². The Hall–Kier alpha value is -1.46. The first-order valence-electron chi connectivity index (χ1n) is 6.75. The lowest BCUT2D eigenvalue weighted by atomic mass is 10.1. The number of hydrogen-bond acceptors (Lipinski definition) is 3. The highest BCUT2D eigenvalue weighted by Gasteiger charge is 2.15. The predicted octanol–water partition coefficient (Wildman–Crippen LogP) is 2.30. The molecule has 0 amide bonds. The Morgan fingerprint density at radius 1 is 1.35 bits per heavy atom. The van der Waals surface area contributed by atoms with Crippen molar-refractivity contribution in [2.75, 3.05) is 27.2 Å². The maximum absolute atomic E-state index is 13.5. The molecule has 0 heterocycles. The largest absolute Gasteiger partial charge is 0.478 e. The van der Waals surface area contributed by atoms with Crippen molar-refractivity contribution < 1.29 is 14.3 Å². The van der Waals surface area contributed by atoms with Crippen LogP contribution >= 0.6 is 0 Å². The average molecular weight is 282 g/mol. The van der Waals surface area contributed by atoms with Crippen LogP contribution in [-0.2, 0) is 6.54 Å². The summed E-state index contributed by atoms with van der Waals surface area (Å²) in [7, 11) is 4.02. The minimum absolute atomic E-state index is 0.00341. The summed E-state index contributed by atoms with van der Waals surface area (Å²) < 4.78 is 13.5. The van der Waals surface area contributed by atoms with Gasteiger partial charge >= 0.3 is 5.97 Å². The molecule has 0 saturated carbocycles. The number of carboxylic acids is 1. The van der Waals surface area contributed by atoms with Crippen molar-refractivity contribution in [3.63, 3.8) is 0 Å². The van der Waals surface area contributed by atoms with E-state index in [1.807, 2.05) is 21.0 Å². The van der Waals surface area contributed by atoms with E-state index in [0.717, 1.165) is 19.2 Å². The van der Waals surface area contributed by atoms with Crippen molar-refractivity contribution in [3.8, 4) is 0 Å². The van der Waals surface area contributed by atoms with Gasteiger partial charge in [0.15, 0.2) is 0 Å². The maximum Gasteiger partial charge on any atom is 0.335 e. The molecule has 0 aromatic heterocycles. The highest BCUT2D eigenvalue weighted by atomic mass is 19.1. The van der Waals surface area contributed by atoms with Crippen molar-refractivity contribution in [1.82, 2.24) is 9.80 Å². The van der Waals surface area contributed by atoms with E-state index in [4.69, 9.17) is 5.11 Å². The van der Waals surface area contributed by atoms with Gasteiger partial charge in [-0.1, -0.05) is 6.92 Å². The third kappa shape index (κ3) is 4.90. The molecule has 0 aliphatic carbocycles. The summed E-state index contributed by atoms with van der Waals surface area (Å²) in [6, 6.07) is 4.30. The van der Waals surface area contributed by atoms with E-state index in [2.05, 4.69) is 16.7 Å². The van der Waals surface area contributed by atoms with Crippen LogP contribution in [0.15, 0.2) is 18.2 Å². The Kier molecular flexibility index (Phi) is 6.10. The number of halogens is 1. The van der Waals surface area contributed by atoms with Crippen LogP contribution in [-0.4, -0.2) is 54.1 Å². The topological polar surface area (TPSA) is 43.8 Å². The highest BCUT2D eigenvalue weighted by Crippen LogP contribution is 2.14. The molecule has 20 heavy (non-hydrogen) atoms. The molecule has 0 radical (unpaired) electrons. The second-order valence-corrected chi connectivity index (χ2v) is 5.33. The SMILES string of the molecule is CCN(Cc1cc(F)cc(C(=O)O)c1)C(C)CN(C)C. The monoisotopic (exact) mass is 282 g/mol. The number of carbonyl (C=O) groups is 1. The van der Waals surface area contributed by atoms with Crippen molar-refractivity contribution in [1.29, 1.82) is 0 Å². The normalized spacial score (nSPS) is 12.9. The number of benzene rings is 1. The summed E-state index contributed by atoms with van der Waals surface area (Å²) in [4.78, 5) is 15.2. The van der Waals surface area contributed by atoms with Crippen LogP contribution in [0.2, 0.25) is 0 Å². The fourth-order valence-electron chi connectivity index (χ4n) is 2.32. The molecule has 1 rings (SSSR count). The second-order valence-electron chi connectivity index (χ2n) is 5.33. The molecule has 0 spiro atoms. The summed E-state index contributed by atoms with van der Waals surface area (Å²) in [6.07, 6.45) is 0. The van der Waals surface area contributed by atoms with Gasteiger partial charge in [0.1, 0.15) is 5.82 Å². The first kappa shape index (κ1) is 16.6. The second kappa shape index (κ2) is 7.36. The van der Waals surface area contributed by atoms with Gasteiger partial charge in [0.2, 0.25) is 0 Å². The van der Waals surface area contributed by atoms with Crippen molar-refractivity contribution in [2.45, 2.75) is 26.4 Å². The third-order valence-corrected chi connectivity index (χ3v) is 3.25. The van der Waals surface area contributed by atoms with Gasteiger partial charge in [-0.25, -0.2) is 9.18 Å². The molecule has 4 nitrogen and oxygen atoms in total. The number of rotatable bonds is 7. The molecule has 1 aromatic carbocycles. The van der Waals surface area contributed by atoms with Crippen molar-refractivity contribution in [3.05, 3.63) is 35.1 Å². The quantitative estimate of drug-likeness (QED) is 0.833.